The van der Waals surface area contributed by atoms with Gasteiger partial charge in [-0.05, 0) is 56.0 Å². The maximum atomic E-state index is 12.7. The Morgan fingerprint density at radius 1 is 1.00 bits per heavy atom. The summed E-state index contributed by atoms with van der Waals surface area (Å²) in [6.07, 6.45) is 2.15. The zero-order valence-electron chi connectivity index (χ0n) is 19.5. The van der Waals surface area contributed by atoms with E-state index in [-0.39, 0.29) is 36.5 Å². The van der Waals surface area contributed by atoms with E-state index in [1.54, 1.807) is 18.2 Å². The molecule has 2 aromatic rings. The van der Waals surface area contributed by atoms with Crippen molar-refractivity contribution in [2.45, 2.75) is 32.6 Å². The minimum Gasteiger partial charge on any atom is -0.486 e. The van der Waals surface area contributed by atoms with Crippen molar-refractivity contribution < 1.29 is 23.9 Å². The number of benzene rings is 2. The van der Waals surface area contributed by atoms with Crippen LogP contribution in [0, 0.1) is 12.8 Å². The number of nitrogens with zero attached hydrogens (tertiary/aromatic N) is 1. The molecule has 2 aromatic carbocycles. The van der Waals surface area contributed by atoms with Crippen molar-refractivity contribution in [3.05, 3.63) is 53.6 Å². The third kappa shape index (κ3) is 6.27. The number of hydrogen-bond acceptors (Lipinski definition) is 5. The Morgan fingerprint density at radius 3 is 2.56 bits per heavy atom. The summed E-state index contributed by atoms with van der Waals surface area (Å²) in [5.41, 5.74) is 2.40. The standard InChI is InChI=1S/C26H31N3O5/c1-18-4-7-21(8-5-18)28-26(32)27-16-19-3-2-12-29(17-19)25(31)11-9-22(30)20-6-10-23-24(15-20)34-14-13-33-23/h4-8,10,15,19H,2-3,9,11-14,16-17H2,1H3,(H2,27,28,32)/t19-/m0/s1. The SMILES string of the molecule is Cc1ccc(NC(=O)NC[C@@H]2CCCN(C(=O)CCC(=O)c3ccc4c(c3)OCCO4)C2)cc1. The Kier molecular flexibility index (Phi) is 7.67. The van der Waals surface area contributed by atoms with E-state index in [9.17, 15) is 14.4 Å². The molecule has 3 amide bonds. The molecule has 0 aliphatic carbocycles. The van der Waals surface area contributed by atoms with Gasteiger partial charge in [0.15, 0.2) is 17.3 Å². The molecule has 8 nitrogen and oxygen atoms in total. The maximum absolute atomic E-state index is 12.7. The van der Waals surface area contributed by atoms with Crippen LogP contribution in [0.15, 0.2) is 42.5 Å². The van der Waals surface area contributed by atoms with Gasteiger partial charge in [-0.15, -0.1) is 0 Å². The predicted molar refractivity (Wildman–Crippen MR) is 129 cm³/mol. The van der Waals surface area contributed by atoms with Gasteiger partial charge >= 0.3 is 6.03 Å². The lowest BCUT2D eigenvalue weighted by Gasteiger charge is -2.33. The van der Waals surface area contributed by atoms with E-state index in [2.05, 4.69) is 10.6 Å². The molecule has 0 radical (unpaired) electrons. The Morgan fingerprint density at radius 2 is 1.76 bits per heavy atom. The number of amides is 3. The highest BCUT2D eigenvalue weighted by molar-refractivity contribution is 5.98. The molecule has 2 aliphatic rings. The molecule has 0 spiro atoms. The van der Waals surface area contributed by atoms with Crippen LogP contribution >= 0.6 is 0 Å². The van der Waals surface area contributed by atoms with E-state index in [4.69, 9.17) is 9.47 Å². The summed E-state index contributed by atoms with van der Waals surface area (Å²) in [6.45, 7) is 4.72. The van der Waals surface area contributed by atoms with E-state index in [0.717, 1.165) is 24.1 Å². The number of urea groups is 1. The summed E-state index contributed by atoms with van der Waals surface area (Å²) in [7, 11) is 0. The van der Waals surface area contributed by atoms with Crippen LogP contribution in [-0.4, -0.2) is 55.5 Å². The van der Waals surface area contributed by atoms with Gasteiger partial charge in [-0.3, -0.25) is 9.59 Å². The van der Waals surface area contributed by atoms with Gasteiger partial charge < -0.3 is 25.0 Å². The third-order valence-electron chi connectivity index (χ3n) is 6.16. The number of piperidine rings is 1. The van der Waals surface area contributed by atoms with Gasteiger partial charge in [-0.1, -0.05) is 17.7 Å². The molecule has 1 atom stereocenters. The van der Waals surface area contributed by atoms with Crippen LogP contribution in [0.4, 0.5) is 10.5 Å². The van der Waals surface area contributed by atoms with Crippen molar-refractivity contribution in [2.24, 2.45) is 5.92 Å². The third-order valence-corrected chi connectivity index (χ3v) is 6.16. The van der Waals surface area contributed by atoms with Crippen molar-refractivity contribution in [1.29, 1.82) is 0 Å². The highest BCUT2D eigenvalue weighted by Gasteiger charge is 2.25. The number of carbonyl (C=O) groups is 3. The number of fused-ring (bicyclic) bond motifs is 1. The number of likely N-dealkylation sites (tertiary alicyclic amines) is 1. The van der Waals surface area contributed by atoms with E-state index in [1.165, 1.54) is 0 Å². The number of ether oxygens (including phenoxy) is 2. The van der Waals surface area contributed by atoms with Gasteiger partial charge in [-0.2, -0.15) is 0 Å². The minimum atomic E-state index is -0.252. The molecule has 1 saturated heterocycles. The number of rotatable bonds is 7. The summed E-state index contributed by atoms with van der Waals surface area (Å²) in [5, 5.41) is 5.73. The fourth-order valence-corrected chi connectivity index (χ4v) is 4.25. The van der Waals surface area contributed by atoms with E-state index < -0.39 is 0 Å². The highest BCUT2D eigenvalue weighted by Crippen LogP contribution is 2.31. The first-order chi connectivity index (χ1) is 16.5. The Labute approximate surface area is 199 Å². The predicted octanol–water partition coefficient (Wildman–Crippen LogP) is 3.79. The molecule has 0 aromatic heterocycles. The topological polar surface area (TPSA) is 97.0 Å². The van der Waals surface area contributed by atoms with Crippen LogP contribution in [0.25, 0.3) is 0 Å². The number of carbonyl (C=O) groups excluding carboxylic acids is 3. The Balaban J connectivity index is 1.21. The molecule has 4 rings (SSSR count). The first-order valence-electron chi connectivity index (χ1n) is 11.8. The molecule has 2 N–H and O–H groups in total. The molecular weight excluding hydrogens is 434 g/mol. The average molecular weight is 466 g/mol. The maximum Gasteiger partial charge on any atom is 0.319 e. The highest BCUT2D eigenvalue weighted by atomic mass is 16.6. The van der Waals surface area contributed by atoms with Gasteiger partial charge in [0.2, 0.25) is 5.91 Å². The van der Waals surface area contributed by atoms with Crippen molar-refractivity contribution in [3.8, 4) is 11.5 Å². The van der Waals surface area contributed by atoms with Crippen molar-refractivity contribution in [2.75, 3.05) is 38.2 Å². The zero-order chi connectivity index (χ0) is 23.9. The van der Waals surface area contributed by atoms with Gasteiger partial charge in [0.05, 0.1) is 0 Å². The van der Waals surface area contributed by atoms with Gasteiger partial charge in [0.1, 0.15) is 13.2 Å². The van der Waals surface area contributed by atoms with Gasteiger partial charge in [0.25, 0.3) is 0 Å². The van der Waals surface area contributed by atoms with Crippen LogP contribution in [0.3, 0.4) is 0 Å². The fourth-order valence-electron chi connectivity index (χ4n) is 4.25. The monoisotopic (exact) mass is 465 g/mol. The molecular formula is C26H31N3O5. The van der Waals surface area contributed by atoms with Crippen molar-refractivity contribution >= 4 is 23.4 Å². The van der Waals surface area contributed by atoms with Crippen LogP contribution in [-0.2, 0) is 4.79 Å². The Bertz CT molecular complexity index is 1040. The summed E-state index contributed by atoms with van der Waals surface area (Å²) in [6, 6.07) is 12.5. The number of ketones is 1. The van der Waals surface area contributed by atoms with E-state index >= 15 is 0 Å². The Hall–Kier alpha value is -3.55. The smallest absolute Gasteiger partial charge is 0.319 e. The van der Waals surface area contributed by atoms with Crippen LogP contribution < -0.4 is 20.1 Å². The number of nitrogens with one attached hydrogen (secondary N) is 2. The zero-order valence-corrected chi connectivity index (χ0v) is 19.5. The van der Waals surface area contributed by atoms with Gasteiger partial charge in [0, 0.05) is 43.7 Å². The first kappa shape index (κ1) is 23.6. The van der Waals surface area contributed by atoms with E-state index in [1.807, 2.05) is 36.1 Å². The van der Waals surface area contributed by atoms with Gasteiger partial charge in [-0.25, -0.2) is 4.79 Å². The fraction of sp³-hybridized carbons (Fsp3) is 0.423. The second kappa shape index (κ2) is 11.0. The second-order valence-electron chi connectivity index (χ2n) is 8.83. The number of hydrogen-bond donors (Lipinski definition) is 2. The number of anilines is 1. The lowest BCUT2D eigenvalue weighted by molar-refractivity contribution is -0.132. The van der Waals surface area contributed by atoms with Crippen LogP contribution in [0.2, 0.25) is 0 Å². The molecule has 180 valence electrons. The average Bonchev–Trinajstić information content (AvgIpc) is 2.87. The largest absolute Gasteiger partial charge is 0.486 e. The number of Topliss-reactive ketones (excluding diaryl/α,β-unsaturated/α-hetero) is 1. The second-order valence-corrected chi connectivity index (χ2v) is 8.83. The normalized spacial score (nSPS) is 17.1. The number of aryl methyl sites for hydroxylation is 1. The summed E-state index contributed by atoms with van der Waals surface area (Å²) in [4.78, 5) is 39.4. The molecule has 0 unspecified atom stereocenters. The van der Waals surface area contributed by atoms with Crippen LogP contribution in [0.1, 0.15) is 41.6 Å². The quantitative estimate of drug-likeness (QED) is 0.607. The first-order valence-corrected chi connectivity index (χ1v) is 11.8. The molecule has 2 aliphatic heterocycles. The minimum absolute atomic E-state index is 0.0281. The molecule has 34 heavy (non-hydrogen) atoms. The molecule has 2 heterocycles. The summed E-state index contributed by atoms with van der Waals surface area (Å²) < 4.78 is 11.0. The van der Waals surface area contributed by atoms with Crippen LogP contribution in [0.5, 0.6) is 11.5 Å². The van der Waals surface area contributed by atoms with E-state index in [0.29, 0.717) is 49.9 Å². The molecule has 1 fully saturated rings. The lowest BCUT2D eigenvalue weighted by atomic mass is 9.97. The lowest BCUT2D eigenvalue weighted by Crippen LogP contribution is -2.44. The molecule has 8 heteroatoms. The summed E-state index contributed by atoms with van der Waals surface area (Å²) >= 11 is 0. The van der Waals surface area contributed by atoms with Crippen molar-refractivity contribution in [1.82, 2.24) is 10.2 Å². The van der Waals surface area contributed by atoms with Crippen molar-refractivity contribution in [3.63, 3.8) is 0 Å². The summed E-state index contributed by atoms with van der Waals surface area (Å²) in [5.74, 6) is 1.28. The molecule has 0 bridgehead atoms. The molecule has 0 saturated carbocycles.